The van der Waals surface area contributed by atoms with Gasteiger partial charge < -0.3 is 10.2 Å². The summed E-state index contributed by atoms with van der Waals surface area (Å²) in [5, 5.41) is 3.60. The third kappa shape index (κ3) is 4.10. The largest absolute Gasteiger partial charge is 0.313 e. The van der Waals surface area contributed by atoms with Crippen LogP contribution in [0.5, 0.6) is 0 Å². The summed E-state index contributed by atoms with van der Waals surface area (Å²) in [6.07, 6.45) is 5.44. The van der Waals surface area contributed by atoms with Crippen molar-refractivity contribution in [2.45, 2.75) is 45.6 Å². The maximum Gasteiger partial charge on any atom is 0.0195 e. The van der Waals surface area contributed by atoms with E-state index >= 15 is 0 Å². The van der Waals surface area contributed by atoms with Gasteiger partial charge in [0.2, 0.25) is 0 Å². The Morgan fingerprint density at radius 1 is 1.31 bits per heavy atom. The number of hydrogen-bond acceptors (Lipinski definition) is 2. The van der Waals surface area contributed by atoms with Crippen LogP contribution in [0, 0.1) is 0 Å². The lowest BCUT2D eigenvalue weighted by atomic mass is 10.0. The number of likely N-dealkylation sites (N-methyl/N-ethyl adjacent to an activating group) is 1. The van der Waals surface area contributed by atoms with Crippen LogP contribution in [0.25, 0.3) is 0 Å². The predicted molar refractivity (Wildman–Crippen MR) is 58.0 cm³/mol. The Bertz CT molecular complexity index is 117. The fourth-order valence-corrected chi connectivity index (χ4v) is 2.09. The summed E-state index contributed by atoms with van der Waals surface area (Å²) in [7, 11) is 0. The molecule has 0 aliphatic carbocycles. The molecule has 2 heteroatoms. The van der Waals surface area contributed by atoms with Crippen molar-refractivity contribution in [3.8, 4) is 0 Å². The Labute approximate surface area is 82.7 Å². The molecule has 0 saturated carbocycles. The van der Waals surface area contributed by atoms with Crippen LogP contribution < -0.4 is 5.32 Å². The van der Waals surface area contributed by atoms with Crippen LogP contribution in [0.1, 0.15) is 39.5 Å². The molecule has 2 nitrogen and oxygen atoms in total. The highest BCUT2D eigenvalue weighted by Crippen LogP contribution is 2.08. The van der Waals surface area contributed by atoms with E-state index < -0.39 is 0 Å². The topological polar surface area (TPSA) is 15.3 Å². The van der Waals surface area contributed by atoms with E-state index in [4.69, 9.17) is 0 Å². The molecule has 1 N–H and O–H groups in total. The minimum Gasteiger partial charge on any atom is -0.313 e. The van der Waals surface area contributed by atoms with Crippen molar-refractivity contribution in [2.24, 2.45) is 0 Å². The summed E-state index contributed by atoms with van der Waals surface area (Å²) in [5.41, 5.74) is 0. The fraction of sp³-hybridized carbons (Fsp3) is 1.00. The second-order valence-corrected chi connectivity index (χ2v) is 4.04. The highest BCUT2D eigenvalue weighted by molar-refractivity contribution is 4.75. The van der Waals surface area contributed by atoms with Crippen molar-refractivity contribution < 1.29 is 0 Å². The Morgan fingerprint density at radius 3 is 2.69 bits per heavy atom. The van der Waals surface area contributed by atoms with Crippen LogP contribution in [0.3, 0.4) is 0 Å². The van der Waals surface area contributed by atoms with Gasteiger partial charge in [-0.3, -0.25) is 0 Å². The predicted octanol–water partition coefficient (Wildman–Crippen LogP) is 1.86. The molecular formula is C11H24N2. The Morgan fingerprint density at radius 2 is 2.15 bits per heavy atom. The van der Waals surface area contributed by atoms with E-state index in [0.29, 0.717) is 0 Å². The summed E-state index contributed by atoms with van der Waals surface area (Å²) in [6, 6.07) is 0.764. The first kappa shape index (κ1) is 11.0. The zero-order chi connectivity index (χ0) is 9.52. The molecular weight excluding hydrogens is 160 g/mol. The quantitative estimate of drug-likeness (QED) is 0.701. The average molecular weight is 184 g/mol. The third-order valence-corrected chi connectivity index (χ3v) is 2.88. The highest BCUT2D eigenvalue weighted by atomic mass is 15.1. The lowest BCUT2D eigenvalue weighted by Crippen LogP contribution is -2.43. The lowest BCUT2D eigenvalue weighted by molar-refractivity contribution is 0.233. The van der Waals surface area contributed by atoms with Crippen LogP contribution in [0.2, 0.25) is 0 Å². The number of nitrogens with one attached hydrogen (secondary N) is 1. The van der Waals surface area contributed by atoms with Gasteiger partial charge in [0.1, 0.15) is 0 Å². The van der Waals surface area contributed by atoms with Crippen molar-refractivity contribution >= 4 is 0 Å². The van der Waals surface area contributed by atoms with Crippen LogP contribution in [0.4, 0.5) is 0 Å². The molecule has 0 amide bonds. The van der Waals surface area contributed by atoms with E-state index in [1.807, 2.05) is 0 Å². The van der Waals surface area contributed by atoms with Crippen LogP contribution in [0.15, 0.2) is 0 Å². The van der Waals surface area contributed by atoms with Crippen LogP contribution in [-0.4, -0.2) is 37.1 Å². The van der Waals surface area contributed by atoms with Crippen molar-refractivity contribution in [3.05, 3.63) is 0 Å². The third-order valence-electron chi connectivity index (χ3n) is 2.88. The SMILES string of the molecule is CCCN(CC)CC1CCCCN1. The second kappa shape index (κ2) is 6.39. The molecule has 0 aromatic carbocycles. The van der Waals surface area contributed by atoms with E-state index in [1.165, 1.54) is 51.9 Å². The molecule has 78 valence electrons. The van der Waals surface area contributed by atoms with Crippen molar-refractivity contribution in [1.29, 1.82) is 0 Å². The first-order valence-electron chi connectivity index (χ1n) is 5.82. The van der Waals surface area contributed by atoms with E-state index in [-0.39, 0.29) is 0 Å². The molecule has 1 rings (SSSR count). The van der Waals surface area contributed by atoms with Gasteiger partial charge in [-0.05, 0) is 38.9 Å². The average Bonchev–Trinajstić information content (AvgIpc) is 2.19. The van der Waals surface area contributed by atoms with E-state index in [0.717, 1.165) is 6.04 Å². The Balaban J connectivity index is 2.18. The minimum atomic E-state index is 0.764. The molecule has 1 aliphatic heterocycles. The number of rotatable bonds is 5. The smallest absolute Gasteiger partial charge is 0.0195 e. The van der Waals surface area contributed by atoms with Gasteiger partial charge in [0.05, 0.1) is 0 Å². The van der Waals surface area contributed by atoms with Crippen LogP contribution in [-0.2, 0) is 0 Å². The summed E-state index contributed by atoms with van der Waals surface area (Å²) in [4.78, 5) is 2.56. The first-order valence-corrected chi connectivity index (χ1v) is 5.82. The van der Waals surface area contributed by atoms with Gasteiger partial charge in [0, 0.05) is 12.6 Å². The molecule has 1 atom stereocenters. The van der Waals surface area contributed by atoms with Crippen LogP contribution >= 0.6 is 0 Å². The lowest BCUT2D eigenvalue weighted by Gasteiger charge is -2.29. The van der Waals surface area contributed by atoms with E-state index in [2.05, 4.69) is 24.1 Å². The van der Waals surface area contributed by atoms with E-state index in [1.54, 1.807) is 0 Å². The van der Waals surface area contributed by atoms with Gasteiger partial charge >= 0.3 is 0 Å². The molecule has 1 unspecified atom stereocenters. The molecule has 0 spiro atoms. The van der Waals surface area contributed by atoms with Gasteiger partial charge in [-0.15, -0.1) is 0 Å². The zero-order valence-corrected chi connectivity index (χ0v) is 9.18. The first-order chi connectivity index (χ1) is 6.36. The Kier molecular flexibility index (Phi) is 5.40. The van der Waals surface area contributed by atoms with Gasteiger partial charge in [-0.25, -0.2) is 0 Å². The molecule has 1 aliphatic rings. The number of piperidine rings is 1. The summed E-state index contributed by atoms with van der Waals surface area (Å²) in [6.45, 7) is 9.47. The standard InChI is InChI=1S/C11H24N2/c1-3-9-13(4-2)10-11-7-5-6-8-12-11/h11-12H,3-10H2,1-2H3. The zero-order valence-electron chi connectivity index (χ0n) is 9.18. The Hall–Kier alpha value is -0.0800. The molecule has 0 aromatic rings. The molecule has 0 radical (unpaired) electrons. The summed E-state index contributed by atoms with van der Waals surface area (Å²) in [5.74, 6) is 0. The van der Waals surface area contributed by atoms with Gasteiger partial charge in [-0.2, -0.15) is 0 Å². The van der Waals surface area contributed by atoms with Gasteiger partial charge in [-0.1, -0.05) is 20.3 Å². The van der Waals surface area contributed by atoms with Gasteiger partial charge in [0.15, 0.2) is 0 Å². The molecule has 0 aromatic heterocycles. The summed E-state index contributed by atoms with van der Waals surface area (Å²) < 4.78 is 0. The van der Waals surface area contributed by atoms with Crippen molar-refractivity contribution in [2.75, 3.05) is 26.2 Å². The maximum absolute atomic E-state index is 3.60. The maximum atomic E-state index is 3.60. The summed E-state index contributed by atoms with van der Waals surface area (Å²) >= 11 is 0. The van der Waals surface area contributed by atoms with Gasteiger partial charge in [0.25, 0.3) is 0 Å². The monoisotopic (exact) mass is 184 g/mol. The fourth-order valence-electron chi connectivity index (χ4n) is 2.09. The molecule has 1 fully saturated rings. The molecule has 0 bridgehead atoms. The number of nitrogens with zero attached hydrogens (tertiary/aromatic N) is 1. The minimum absolute atomic E-state index is 0.764. The molecule has 13 heavy (non-hydrogen) atoms. The van der Waals surface area contributed by atoms with E-state index in [9.17, 15) is 0 Å². The molecule has 1 saturated heterocycles. The second-order valence-electron chi connectivity index (χ2n) is 4.04. The van der Waals surface area contributed by atoms with Crippen molar-refractivity contribution in [3.63, 3.8) is 0 Å². The molecule has 1 heterocycles. The highest BCUT2D eigenvalue weighted by Gasteiger charge is 2.14. The number of hydrogen-bond donors (Lipinski definition) is 1. The normalized spacial score (nSPS) is 23.8. The van der Waals surface area contributed by atoms with Crippen molar-refractivity contribution in [1.82, 2.24) is 10.2 Å².